The zero-order valence-electron chi connectivity index (χ0n) is 27.1. The number of amides is 4. The standard InChI is InChI=1S/C36H40N4O7S/c1-23-28-17-11-10-16-27(28)21-29(23)34(43)38-24(2)33(42)39-30(18-19-48(3,46)47)35(44)40-31(20-25-12-6-4-7-13-25)32(41)36(45)37-22-26-14-8-5-9-15-26/h4-17,24,30-31H,18-22H2,1-3H3,(H,37,45)(H,38,43)(H,39,42)(H,40,44)/t24-,30-,31-/m0/s1. The van der Waals surface area contributed by atoms with Crippen molar-refractivity contribution < 1.29 is 32.4 Å². The van der Waals surface area contributed by atoms with Crippen molar-refractivity contribution in [2.45, 2.75) is 57.8 Å². The second-order valence-electron chi connectivity index (χ2n) is 11.9. The van der Waals surface area contributed by atoms with Gasteiger partial charge in [0.2, 0.25) is 23.5 Å². The Hall–Kier alpha value is -5.10. The van der Waals surface area contributed by atoms with E-state index in [-0.39, 0.29) is 19.4 Å². The first-order chi connectivity index (χ1) is 22.8. The minimum atomic E-state index is -3.55. The van der Waals surface area contributed by atoms with Gasteiger partial charge in [-0.3, -0.25) is 24.0 Å². The highest BCUT2D eigenvalue weighted by molar-refractivity contribution is 7.90. The van der Waals surface area contributed by atoms with Crippen molar-refractivity contribution >= 4 is 44.8 Å². The molecule has 0 bridgehead atoms. The van der Waals surface area contributed by atoms with E-state index in [0.717, 1.165) is 28.5 Å². The number of Topliss-reactive ketones (excluding diaryl/α,β-unsaturated/α-hetero) is 1. The lowest BCUT2D eigenvalue weighted by Crippen LogP contribution is -2.57. The number of sulfone groups is 1. The van der Waals surface area contributed by atoms with Gasteiger partial charge < -0.3 is 21.3 Å². The number of rotatable bonds is 15. The molecule has 0 aliphatic heterocycles. The fraction of sp³-hybridized carbons (Fsp3) is 0.306. The van der Waals surface area contributed by atoms with Crippen LogP contribution < -0.4 is 21.3 Å². The van der Waals surface area contributed by atoms with Crippen molar-refractivity contribution in [1.82, 2.24) is 21.3 Å². The lowest BCUT2D eigenvalue weighted by Gasteiger charge is -2.24. The molecule has 0 unspecified atom stereocenters. The van der Waals surface area contributed by atoms with Crippen LogP contribution in [0.3, 0.4) is 0 Å². The number of carbonyl (C=O) groups excluding carboxylic acids is 5. The maximum Gasteiger partial charge on any atom is 0.289 e. The van der Waals surface area contributed by atoms with Gasteiger partial charge in [-0.25, -0.2) is 8.42 Å². The molecule has 3 aromatic carbocycles. The van der Waals surface area contributed by atoms with Gasteiger partial charge in [-0.2, -0.15) is 0 Å². The Kier molecular flexibility index (Phi) is 12.0. The summed E-state index contributed by atoms with van der Waals surface area (Å²) >= 11 is 0. The molecule has 0 spiro atoms. The van der Waals surface area contributed by atoms with Crippen molar-refractivity contribution in [3.8, 4) is 0 Å². The summed E-state index contributed by atoms with van der Waals surface area (Å²) < 4.78 is 24.1. The molecule has 3 aromatic rings. The Morgan fingerprint density at radius 2 is 1.33 bits per heavy atom. The van der Waals surface area contributed by atoms with E-state index in [4.69, 9.17) is 0 Å². The first kappa shape index (κ1) is 35.7. The summed E-state index contributed by atoms with van der Waals surface area (Å²) in [6.45, 7) is 3.39. The van der Waals surface area contributed by atoms with Crippen molar-refractivity contribution in [2.75, 3.05) is 12.0 Å². The molecule has 0 aromatic heterocycles. The second kappa shape index (κ2) is 16.1. The van der Waals surface area contributed by atoms with Crippen LogP contribution in [0.2, 0.25) is 0 Å². The van der Waals surface area contributed by atoms with Crippen molar-refractivity contribution in [2.24, 2.45) is 0 Å². The zero-order valence-corrected chi connectivity index (χ0v) is 27.9. The average Bonchev–Trinajstić information content (AvgIpc) is 3.41. The molecule has 11 nitrogen and oxygen atoms in total. The van der Waals surface area contributed by atoms with Gasteiger partial charge in [-0.05, 0) is 48.1 Å². The molecule has 0 radical (unpaired) electrons. The van der Waals surface area contributed by atoms with Crippen LogP contribution in [-0.2, 0) is 53.2 Å². The molecule has 3 atom stereocenters. The first-order valence-corrected chi connectivity index (χ1v) is 17.7. The van der Waals surface area contributed by atoms with Crippen molar-refractivity contribution in [1.29, 1.82) is 0 Å². The van der Waals surface area contributed by atoms with Crippen LogP contribution in [0.15, 0.2) is 90.5 Å². The number of hydrogen-bond acceptors (Lipinski definition) is 7. The summed E-state index contributed by atoms with van der Waals surface area (Å²) in [7, 11) is -3.55. The Morgan fingerprint density at radius 1 is 0.750 bits per heavy atom. The van der Waals surface area contributed by atoms with E-state index in [9.17, 15) is 32.4 Å². The van der Waals surface area contributed by atoms with Crippen molar-refractivity contribution in [3.05, 3.63) is 113 Å². The van der Waals surface area contributed by atoms with E-state index in [1.165, 1.54) is 6.92 Å². The van der Waals surface area contributed by atoms with Crippen LogP contribution in [0.5, 0.6) is 0 Å². The molecular formula is C36H40N4O7S. The van der Waals surface area contributed by atoms with E-state index in [1.807, 2.05) is 37.3 Å². The summed E-state index contributed by atoms with van der Waals surface area (Å²) in [5.41, 5.74) is 4.74. The quantitative estimate of drug-likeness (QED) is 0.179. The molecule has 12 heteroatoms. The highest BCUT2D eigenvalue weighted by Gasteiger charge is 2.32. The number of fused-ring (bicyclic) bond motifs is 1. The normalized spacial score (nSPS) is 14.2. The third-order valence-corrected chi connectivity index (χ3v) is 9.08. The molecule has 1 aliphatic carbocycles. The Morgan fingerprint density at radius 3 is 1.96 bits per heavy atom. The third kappa shape index (κ3) is 9.95. The molecule has 0 heterocycles. The number of allylic oxidation sites excluding steroid dienone is 1. The maximum atomic E-state index is 13.6. The van der Waals surface area contributed by atoms with E-state index in [1.54, 1.807) is 54.6 Å². The van der Waals surface area contributed by atoms with Gasteiger partial charge in [0, 0.05) is 31.2 Å². The molecule has 4 amide bonds. The molecule has 1 aliphatic rings. The summed E-state index contributed by atoms with van der Waals surface area (Å²) in [5, 5.41) is 10.4. The van der Waals surface area contributed by atoms with Gasteiger partial charge in [-0.15, -0.1) is 0 Å². The molecule has 48 heavy (non-hydrogen) atoms. The summed E-state index contributed by atoms with van der Waals surface area (Å²) in [4.78, 5) is 66.3. The van der Waals surface area contributed by atoms with Crippen LogP contribution in [0.25, 0.3) is 5.57 Å². The predicted octanol–water partition coefficient (Wildman–Crippen LogP) is 2.05. The second-order valence-corrected chi connectivity index (χ2v) is 14.2. The lowest BCUT2D eigenvalue weighted by atomic mass is 10.0. The van der Waals surface area contributed by atoms with Gasteiger partial charge in [0.05, 0.1) is 5.75 Å². The lowest BCUT2D eigenvalue weighted by molar-refractivity contribution is -0.140. The number of nitrogens with one attached hydrogen (secondary N) is 4. The van der Waals surface area contributed by atoms with Gasteiger partial charge in [-0.1, -0.05) is 84.9 Å². The van der Waals surface area contributed by atoms with E-state index in [2.05, 4.69) is 21.3 Å². The van der Waals surface area contributed by atoms with Crippen LogP contribution in [0, 0.1) is 0 Å². The number of hydrogen-bond donors (Lipinski definition) is 4. The van der Waals surface area contributed by atoms with Gasteiger partial charge in [0.25, 0.3) is 5.91 Å². The van der Waals surface area contributed by atoms with Gasteiger partial charge in [0.15, 0.2) is 0 Å². The molecule has 0 fully saturated rings. The number of benzene rings is 3. The first-order valence-electron chi connectivity index (χ1n) is 15.6. The van der Waals surface area contributed by atoms with Gasteiger partial charge in [0.1, 0.15) is 28.0 Å². The highest BCUT2D eigenvalue weighted by Crippen LogP contribution is 2.32. The SMILES string of the molecule is CC1=C(C(=O)N[C@@H](C)C(=O)N[C@@H](CCS(C)(=O)=O)C(=O)N[C@@H](Cc2ccccc2)C(=O)C(=O)NCc2ccccc2)Cc2ccccc21. The zero-order chi connectivity index (χ0) is 34.8. The van der Waals surface area contributed by atoms with Crippen LogP contribution in [0.4, 0.5) is 0 Å². The molecule has 252 valence electrons. The smallest absolute Gasteiger partial charge is 0.289 e. The van der Waals surface area contributed by atoms with Crippen LogP contribution in [0.1, 0.15) is 42.5 Å². The minimum absolute atomic E-state index is 0.0276. The Labute approximate surface area is 280 Å². The monoisotopic (exact) mass is 672 g/mol. The molecular weight excluding hydrogens is 632 g/mol. The Balaban J connectivity index is 1.47. The highest BCUT2D eigenvalue weighted by atomic mass is 32.2. The average molecular weight is 673 g/mol. The molecule has 0 saturated heterocycles. The van der Waals surface area contributed by atoms with Crippen LogP contribution in [-0.4, -0.2) is 68.0 Å². The number of carbonyl (C=O) groups is 5. The molecule has 0 saturated carbocycles. The van der Waals surface area contributed by atoms with Crippen molar-refractivity contribution in [3.63, 3.8) is 0 Å². The predicted molar refractivity (Wildman–Crippen MR) is 182 cm³/mol. The Bertz CT molecular complexity index is 1810. The summed E-state index contributed by atoms with van der Waals surface area (Å²) in [6, 6.07) is 21.6. The van der Waals surface area contributed by atoms with E-state index < -0.39 is 63.1 Å². The maximum absolute atomic E-state index is 13.6. The summed E-state index contributed by atoms with van der Waals surface area (Å²) in [5.74, 6) is -4.26. The van der Waals surface area contributed by atoms with E-state index in [0.29, 0.717) is 17.6 Å². The fourth-order valence-electron chi connectivity index (χ4n) is 5.38. The van der Waals surface area contributed by atoms with E-state index >= 15 is 0 Å². The van der Waals surface area contributed by atoms with Crippen LogP contribution >= 0.6 is 0 Å². The fourth-order valence-corrected chi connectivity index (χ4v) is 6.04. The largest absolute Gasteiger partial charge is 0.345 e. The summed E-state index contributed by atoms with van der Waals surface area (Å²) in [6.07, 6.45) is 1.09. The third-order valence-electron chi connectivity index (χ3n) is 8.10. The molecule has 4 rings (SSSR count). The minimum Gasteiger partial charge on any atom is -0.345 e. The topological polar surface area (TPSA) is 168 Å². The van der Waals surface area contributed by atoms with Gasteiger partial charge >= 0.3 is 0 Å². The molecule has 4 N–H and O–H groups in total. The number of ketones is 1.